The zero-order valence-electron chi connectivity index (χ0n) is 21.2. The Morgan fingerprint density at radius 1 is 1.14 bits per heavy atom. The van der Waals surface area contributed by atoms with Crippen molar-refractivity contribution in [3.63, 3.8) is 0 Å². The highest BCUT2D eigenvalue weighted by Gasteiger charge is 2.45. The lowest BCUT2D eigenvalue weighted by molar-refractivity contribution is -0.139. The zero-order valence-corrected chi connectivity index (χ0v) is 21.2. The summed E-state index contributed by atoms with van der Waals surface area (Å²) in [6, 6.07) is 6.21. The van der Waals surface area contributed by atoms with Crippen LogP contribution in [-0.2, 0) is 14.3 Å². The third-order valence-corrected chi connectivity index (χ3v) is 7.56. The summed E-state index contributed by atoms with van der Waals surface area (Å²) in [6.45, 7) is 5.38. The van der Waals surface area contributed by atoms with Gasteiger partial charge >= 0.3 is 12.0 Å². The number of urea groups is 1. The maximum atomic E-state index is 13.1. The zero-order chi connectivity index (χ0) is 25.7. The summed E-state index contributed by atoms with van der Waals surface area (Å²) in [6.07, 6.45) is 4.59. The minimum Gasteiger partial charge on any atom is -0.497 e. The average Bonchev–Trinajstić information content (AvgIpc) is 2.89. The first-order valence-electron chi connectivity index (χ1n) is 12.8. The van der Waals surface area contributed by atoms with Crippen molar-refractivity contribution in [2.24, 2.45) is 5.73 Å². The van der Waals surface area contributed by atoms with Crippen LogP contribution in [0.5, 0.6) is 5.75 Å². The van der Waals surface area contributed by atoms with E-state index in [1.807, 2.05) is 18.2 Å². The number of amides is 3. The second-order valence-electron chi connectivity index (χ2n) is 9.64. The summed E-state index contributed by atoms with van der Waals surface area (Å²) < 4.78 is 10.7. The number of piperidine rings is 2. The molecule has 196 valence electrons. The van der Waals surface area contributed by atoms with E-state index < -0.39 is 17.6 Å². The number of ether oxygens (including phenoxy) is 2. The van der Waals surface area contributed by atoms with E-state index in [-0.39, 0.29) is 18.5 Å². The normalized spacial score (nSPS) is 22.9. The summed E-state index contributed by atoms with van der Waals surface area (Å²) in [5.41, 5.74) is 6.91. The van der Waals surface area contributed by atoms with Gasteiger partial charge in [0, 0.05) is 25.3 Å². The molecule has 3 aliphatic rings. The fraction of sp³-hybridized carbons (Fsp3) is 0.577. The van der Waals surface area contributed by atoms with Crippen LogP contribution >= 0.6 is 0 Å². The number of carbonyl (C=O) groups is 3. The number of methoxy groups -OCH3 is 1. The van der Waals surface area contributed by atoms with Gasteiger partial charge in [-0.1, -0.05) is 18.6 Å². The second-order valence-corrected chi connectivity index (χ2v) is 9.64. The molecule has 3 amide bonds. The van der Waals surface area contributed by atoms with Crippen molar-refractivity contribution in [2.75, 3.05) is 46.4 Å². The predicted molar refractivity (Wildman–Crippen MR) is 134 cm³/mol. The molecule has 3 aliphatic heterocycles. The number of benzene rings is 1. The topological polar surface area (TPSA) is 126 Å². The van der Waals surface area contributed by atoms with Gasteiger partial charge < -0.3 is 25.8 Å². The summed E-state index contributed by atoms with van der Waals surface area (Å²) in [5, 5.41) is 5.70. The van der Waals surface area contributed by atoms with E-state index in [1.54, 1.807) is 20.1 Å². The molecular formula is C26H37N5O5. The predicted octanol–water partition coefficient (Wildman–Crippen LogP) is 1.67. The Balaban J connectivity index is 1.58. The lowest BCUT2D eigenvalue weighted by Gasteiger charge is -2.48. The third kappa shape index (κ3) is 5.34. The fourth-order valence-electron chi connectivity index (χ4n) is 5.61. The molecule has 1 aromatic carbocycles. The number of carbonyl (C=O) groups excluding carboxylic acids is 3. The Labute approximate surface area is 212 Å². The van der Waals surface area contributed by atoms with Crippen LogP contribution in [0.15, 0.2) is 35.5 Å². The number of rotatable bonds is 8. The monoisotopic (exact) mass is 499 g/mol. The van der Waals surface area contributed by atoms with Gasteiger partial charge in [0.05, 0.1) is 25.3 Å². The first-order chi connectivity index (χ1) is 17.4. The number of likely N-dealkylation sites (tertiary alicyclic amines) is 2. The number of hydrogen-bond acceptors (Lipinski definition) is 7. The van der Waals surface area contributed by atoms with Gasteiger partial charge in [0.25, 0.3) is 0 Å². The number of nitrogens with zero attached hydrogens (tertiary/aromatic N) is 2. The molecule has 0 bridgehead atoms. The SMILES string of the molecule is CCOC(=O)C1=C(CN2CCC(C(N)=O)(N3CCCCC3)CC2)NC(=O)N[C@@H]1c1cccc(OC)c1. The van der Waals surface area contributed by atoms with Gasteiger partial charge in [0.2, 0.25) is 5.91 Å². The first-order valence-corrected chi connectivity index (χ1v) is 12.8. The molecule has 2 fully saturated rings. The fourth-order valence-corrected chi connectivity index (χ4v) is 5.61. The number of nitrogens with two attached hydrogens (primary N) is 1. The van der Waals surface area contributed by atoms with Gasteiger partial charge in [-0.15, -0.1) is 0 Å². The highest BCUT2D eigenvalue weighted by Crippen LogP contribution is 2.34. The molecule has 0 aliphatic carbocycles. The highest BCUT2D eigenvalue weighted by atomic mass is 16.5. The Bertz CT molecular complexity index is 1010. The molecule has 1 atom stereocenters. The van der Waals surface area contributed by atoms with Crippen LogP contribution in [0, 0.1) is 0 Å². The third-order valence-electron chi connectivity index (χ3n) is 7.56. The van der Waals surface area contributed by atoms with Crippen LogP contribution in [0.2, 0.25) is 0 Å². The molecule has 0 radical (unpaired) electrons. The second kappa shape index (κ2) is 11.3. The van der Waals surface area contributed by atoms with Crippen molar-refractivity contribution in [2.45, 2.75) is 50.6 Å². The van der Waals surface area contributed by atoms with E-state index in [0.717, 1.165) is 31.5 Å². The molecule has 10 nitrogen and oxygen atoms in total. The Morgan fingerprint density at radius 2 is 1.86 bits per heavy atom. The van der Waals surface area contributed by atoms with Gasteiger partial charge in [-0.3, -0.25) is 14.6 Å². The van der Waals surface area contributed by atoms with E-state index in [9.17, 15) is 14.4 Å². The van der Waals surface area contributed by atoms with Gasteiger partial charge in [0.1, 0.15) is 11.3 Å². The molecule has 0 spiro atoms. The molecule has 10 heteroatoms. The number of primary amides is 1. The highest BCUT2D eigenvalue weighted by molar-refractivity contribution is 5.95. The number of nitrogens with one attached hydrogen (secondary N) is 2. The summed E-state index contributed by atoms with van der Waals surface area (Å²) in [7, 11) is 1.57. The quantitative estimate of drug-likeness (QED) is 0.465. The van der Waals surface area contributed by atoms with Crippen molar-refractivity contribution in [1.29, 1.82) is 0 Å². The molecular weight excluding hydrogens is 462 g/mol. The molecule has 4 N–H and O–H groups in total. The van der Waals surface area contributed by atoms with Crippen molar-refractivity contribution in [3.05, 3.63) is 41.1 Å². The maximum absolute atomic E-state index is 13.1. The Morgan fingerprint density at radius 3 is 2.50 bits per heavy atom. The van der Waals surface area contributed by atoms with Crippen molar-refractivity contribution < 1.29 is 23.9 Å². The standard InChI is InChI=1S/C26H37N5O5/c1-3-36-23(32)21-20(28-25(34)29-22(21)18-8-7-9-19(16-18)35-2)17-30-14-10-26(11-15-30,24(27)33)31-12-5-4-6-13-31/h7-9,16,22H,3-6,10-15,17H2,1-2H3,(H2,27,33)(H2,28,29,34)/t22-/m1/s1. The van der Waals surface area contributed by atoms with Crippen molar-refractivity contribution in [1.82, 2.24) is 20.4 Å². The summed E-state index contributed by atoms with van der Waals surface area (Å²) in [4.78, 5) is 42.8. The summed E-state index contributed by atoms with van der Waals surface area (Å²) >= 11 is 0. The maximum Gasteiger partial charge on any atom is 0.338 e. The summed E-state index contributed by atoms with van der Waals surface area (Å²) in [5.74, 6) is -0.116. The van der Waals surface area contributed by atoms with Gasteiger partial charge in [-0.2, -0.15) is 0 Å². The minimum absolute atomic E-state index is 0.217. The molecule has 1 aromatic rings. The lowest BCUT2D eigenvalue weighted by Crippen LogP contribution is -2.63. The molecule has 4 rings (SSSR count). The van der Waals surface area contributed by atoms with Gasteiger partial charge in [0.15, 0.2) is 0 Å². The Hall–Kier alpha value is -3.11. The number of hydrogen-bond donors (Lipinski definition) is 3. The number of esters is 1. The van der Waals surface area contributed by atoms with E-state index in [2.05, 4.69) is 20.4 Å². The molecule has 0 aromatic heterocycles. The smallest absolute Gasteiger partial charge is 0.338 e. The lowest BCUT2D eigenvalue weighted by atomic mass is 9.83. The van der Waals surface area contributed by atoms with E-state index in [0.29, 0.717) is 49.5 Å². The van der Waals surface area contributed by atoms with Crippen LogP contribution in [0.25, 0.3) is 0 Å². The van der Waals surface area contributed by atoms with Crippen LogP contribution < -0.4 is 21.1 Å². The van der Waals surface area contributed by atoms with Crippen LogP contribution in [0.4, 0.5) is 4.79 Å². The first kappa shape index (κ1) is 26.0. The molecule has 0 unspecified atom stereocenters. The van der Waals surface area contributed by atoms with E-state index in [1.165, 1.54) is 6.42 Å². The van der Waals surface area contributed by atoms with Crippen LogP contribution in [-0.4, -0.2) is 79.7 Å². The van der Waals surface area contributed by atoms with Gasteiger partial charge in [-0.05, 0) is 63.4 Å². The molecule has 0 saturated carbocycles. The van der Waals surface area contributed by atoms with E-state index >= 15 is 0 Å². The average molecular weight is 500 g/mol. The van der Waals surface area contributed by atoms with Crippen LogP contribution in [0.1, 0.15) is 50.6 Å². The molecule has 36 heavy (non-hydrogen) atoms. The van der Waals surface area contributed by atoms with Crippen molar-refractivity contribution in [3.8, 4) is 5.75 Å². The minimum atomic E-state index is -0.675. The van der Waals surface area contributed by atoms with Gasteiger partial charge in [-0.25, -0.2) is 9.59 Å². The molecule has 2 saturated heterocycles. The van der Waals surface area contributed by atoms with Crippen LogP contribution in [0.3, 0.4) is 0 Å². The molecule has 3 heterocycles. The Kier molecular flexibility index (Phi) is 8.15. The van der Waals surface area contributed by atoms with E-state index in [4.69, 9.17) is 15.2 Å². The van der Waals surface area contributed by atoms with Crippen molar-refractivity contribution >= 4 is 17.9 Å². The largest absolute Gasteiger partial charge is 0.497 e.